The molecule has 1 aliphatic rings. The van der Waals surface area contributed by atoms with E-state index in [1.807, 2.05) is 24.3 Å². The van der Waals surface area contributed by atoms with Gasteiger partial charge in [-0.25, -0.2) is 13.2 Å². The van der Waals surface area contributed by atoms with E-state index in [-0.39, 0.29) is 28.4 Å². The number of benzene rings is 3. The molecule has 0 spiro atoms. The quantitative estimate of drug-likeness (QED) is 0.174. The molecule has 0 bridgehead atoms. The van der Waals surface area contributed by atoms with Gasteiger partial charge in [-0.05, 0) is 86.3 Å². The third-order valence-electron chi connectivity index (χ3n) is 7.99. The molecule has 2 N–H and O–H groups in total. The molecular formula is C34H37NO5S. The molecular weight excluding hydrogens is 534 g/mol. The average molecular weight is 572 g/mol. The normalized spacial score (nSPS) is 14.9. The van der Waals surface area contributed by atoms with Gasteiger partial charge in [0.2, 0.25) is 0 Å². The average Bonchev–Trinajstić information content (AvgIpc) is 3.81. The summed E-state index contributed by atoms with van der Waals surface area (Å²) in [7, 11) is -3.72. The zero-order valence-electron chi connectivity index (χ0n) is 23.3. The van der Waals surface area contributed by atoms with E-state index in [1.54, 1.807) is 54.6 Å². The molecule has 1 heterocycles. The lowest BCUT2D eigenvalue weighted by Crippen LogP contribution is -2.18. The van der Waals surface area contributed by atoms with Gasteiger partial charge in [0.05, 0.1) is 10.5 Å². The first-order chi connectivity index (χ1) is 19.8. The van der Waals surface area contributed by atoms with Gasteiger partial charge in [0.1, 0.15) is 11.5 Å². The predicted molar refractivity (Wildman–Crippen MR) is 162 cm³/mol. The molecule has 4 aromatic rings. The summed E-state index contributed by atoms with van der Waals surface area (Å²) in [5.74, 6) is 0.654. The molecule has 1 fully saturated rings. The van der Waals surface area contributed by atoms with Crippen molar-refractivity contribution in [3.8, 4) is 5.75 Å². The topological polar surface area (TPSA) is 96.6 Å². The van der Waals surface area contributed by atoms with Crippen LogP contribution < -0.4 is 10.3 Å². The molecule has 214 valence electrons. The van der Waals surface area contributed by atoms with Crippen molar-refractivity contribution >= 4 is 15.7 Å². The maximum Gasteiger partial charge on any atom is 0.343 e. The molecule has 6 nitrogen and oxygen atoms in total. The molecule has 7 heteroatoms. The van der Waals surface area contributed by atoms with E-state index >= 15 is 0 Å². The van der Waals surface area contributed by atoms with Crippen molar-refractivity contribution in [2.45, 2.75) is 68.6 Å². The maximum absolute atomic E-state index is 13.3. The molecule has 41 heavy (non-hydrogen) atoms. The van der Waals surface area contributed by atoms with Crippen LogP contribution in [-0.4, -0.2) is 13.5 Å². The zero-order valence-corrected chi connectivity index (χ0v) is 24.1. The maximum atomic E-state index is 13.3. The van der Waals surface area contributed by atoms with Crippen LogP contribution in [0.15, 0.2) is 105 Å². The summed E-state index contributed by atoms with van der Waals surface area (Å²) >= 11 is 0. The highest BCUT2D eigenvalue weighted by Gasteiger charge is 2.36. The zero-order chi connectivity index (χ0) is 28.8. The van der Waals surface area contributed by atoms with E-state index in [0.717, 1.165) is 44.1 Å². The van der Waals surface area contributed by atoms with Crippen molar-refractivity contribution in [3.63, 3.8) is 0 Å². The molecule has 2 unspecified atom stereocenters. The summed E-state index contributed by atoms with van der Waals surface area (Å²) in [6.45, 7) is 2.07. The minimum absolute atomic E-state index is 0.00408. The Hall–Kier alpha value is -3.84. The van der Waals surface area contributed by atoms with Crippen molar-refractivity contribution < 1.29 is 17.9 Å². The minimum atomic E-state index is -3.72. The summed E-state index contributed by atoms with van der Waals surface area (Å²) in [5, 5.41) is 11.1. The van der Waals surface area contributed by atoms with E-state index in [0.29, 0.717) is 23.4 Å². The Morgan fingerprint density at radius 2 is 1.61 bits per heavy atom. The lowest BCUT2D eigenvalue weighted by atomic mass is 9.87. The molecule has 0 amide bonds. The van der Waals surface area contributed by atoms with Gasteiger partial charge in [-0.2, -0.15) is 0 Å². The SMILES string of the molecule is CCC(CCCc1ccccc1)c1cc(O)c(C(Cc2cccc(NS(=O)(=O)c3ccccc3)c2)C2CC2)c(=O)o1. The number of anilines is 1. The monoisotopic (exact) mass is 571 g/mol. The lowest BCUT2D eigenvalue weighted by molar-refractivity contribution is 0.366. The van der Waals surface area contributed by atoms with Gasteiger partial charge >= 0.3 is 5.63 Å². The highest BCUT2D eigenvalue weighted by Crippen LogP contribution is 2.46. The van der Waals surface area contributed by atoms with Crippen molar-refractivity contribution in [2.24, 2.45) is 5.92 Å². The molecule has 0 radical (unpaired) electrons. The first kappa shape index (κ1) is 28.7. The number of aryl methyl sites for hydroxylation is 1. The fourth-order valence-corrected chi connectivity index (χ4v) is 6.70. The number of aromatic hydroxyl groups is 1. The van der Waals surface area contributed by atoms with Crippen LogP contribution in [0.5, 0.6) is 5.75 Å². The molecule has 2 atom stereocenters. The van der Waals surface area contributed by atoms with Crippen molar-refractivity contribution in [1.82, 2.24) is 0 Å². The lowest BCUT2D eigenvalue weighted by Gasteiger charge is -2.20. The van der Waals surface area contributed by atoms with Crippen LogP contribution in [0.3, 0.4) is 0 Å². The number of hydrogen-bond acceptors (Lipinski definition) is 5. The summed E-state index contributed by atoms with van der Waals surface area (Å²) in [6.07, 6.45) is 6.04. The van der Waals surface area contributed by atoms with Crippen LogP contribution in [0, 0.1) is 5.92 Å². The Morgan fingerprint density at radius 3 is 2.27 bits per heavy atom. The van der Waals surface area contributed by atoms with Crippen molar-refractivity contribution in [1.29, 1.82) is 0 Å². The van der Waals surface area contributed by atoms with Gasteiger partial charge in [0.25, 0.3) is 10.0 Å². The fraction of sp³-hybridized carbons (Fsp3) is 0.324. The van der Waals surface area contributed by atoms with Gasteiger partial charge in [0.15, 0.2) is 0 Å². The fourth-order valence-electron chi connectivity index (χ4n) is 5.63. The second kappa shape index (κ2) is 12.8. The third-order valence-corrected chi connectivity index (χ3v) is 9.39. The first-order valence-corrected chi connectivity index (χ1v) is 15.9. The Labute approximate surface area is 242 Å². The predicted octanol–water partition coefficient (Wildman–Crippen LogP) is 7.40. The van der Waals surface area contributed by atoms with Crippen LogP contribution >= 0.6 is 0 Å². The van der Waals surface area contributed by atoms with Gasteiger partial charge in [-0.3, -0.25) is 4.72 Å². The molecule has 5 rings (SSSR count). The van der Waals surface area contributed by atoms with E-state index in [1.165, 1.54) is 5.56 Å². The largest absolute Gasteiger partial charge is 0.507 e. The highest BCUT2D eigenvalue weighted by molar-refractivity contribution is 7.92. The Kier molecular flexibility index (Phi) is 8.93. The standard InChI is InChI=1S/C34H37NO5S/c1-2-26(15-9-13-24-11-5-3-6-12-24)32-23-31(36)33(34(37)40-32)30(27-19-20-27)22-25-14-10-16-28(21-25)35-41(38,39)29-17-7-4-8-18-29/h3-8,10-12,14,16-18,21,23,26-27,30,35-36H,2,9,13,15,19-20,22H2,1H3. The number of nitrogens with one attached hydrogen (secondary N) is 1. The minimum Gasteiger partial charge on any atom is -0.507 e. The van der Waals surface area contributed by atoms with Crippen molar-refractivity contribution in [2.75, 3.05) is 4.72 Å². The second-order valence-electron chi connectivity index (χ2n) is 11.0. The smallest absolute Gasteiger partial charge is 0.343 e. The molecule has 0 aliphatic heterocycles. The van der Waals surface area contributed by atoms with Gasteiger partial charge < -0.3 is 9.52 Å². The highest BCUT2D eigenvalue weighted by atomic mass is 32.2. The molecule has 1 aliphatic carbocycles. The van der Waals surface area contributed by atoms with Crippen molar-refractivity contribution in [3.05, 3.63) is 124 Å². The van der Waals surface area contributed by atoms with E-state index in [9.17, 15) is 18.3 Å². The molecule has 0 saturated heterocycles. The molecule has 3 aromatic carbocycles. The third kappa shape index (κ3) is 7.27. The Balaban J connectivity index is 1.32. The van der Waals surface area contributed by atoms with Crippen LogP contribution in [0.25, 0.3) is 0 Å². The summed E-state index contributed by atoms with van der Waals surface area (Å²) in [4.78, 5) is 13.5. The summed E-state index contributed by atoms with van der Waals surface area (Å²) in [6, 6.07) is 27.4. The number of sulfonamides is 1. The Bertz CT molecular complexity index is 1610. The second-order valence-corrected chi connectivity index (χ2v) is 12.7. The summed E-state index contributed by atoms with van der Waals surface area (Å²) in [5.41, 5.74) is 2.47. The van der Waals surface area contributed by atoms with Crippen LogP contribution in [0.4, 0.5) is 5.69 Å². The Morgan fingerprint density at radius 1 is 0.927 bits per heavy atom. The van der Waals surface area contributed by atoms with E-state index < -0.39 is 15.6 Å². The van der Waals surface area contributed by atoms with Crippen LogP contribution in [-0.2, 0) is 22.9 Å². The van der Waals surface area contributed by atoms with Gasteiger partial charge in [-0.15, -0.1) is 0 Å². The van der Waals surface area contributed by atoms with Gasteiger partial charge in [0, 0.05) is 23.6 Å². The number of hydrogen-bond donors (Lipinski definition) is 2. The van der Waals surface area contributed by atoms with Crippen LogP contribution in [0.1, 0.15) is 73.3 Å². The molecule has 1 aromatic heterocycles. The first-order valence-electron chi connectivity index (χ1n) is 14.4. The summed E-state index contributed by atoms with van der Waals surface area (Å²) < 4.78 is 34.2. The van der Waals surface area contributed by atoms with E-state index in [2.05, 4.69) is 23.8 Å². The van der Waals surface area contributed by atoms with Crippen LogP contribution in [0.2, 0.25) is 0 Å². The number of rotatable bonds is 13. The molecule has 1 saturated carbocycles. The van der Waals surface area contributed by atoms with E-state index in [4.69, 9.17) is 4.42 Å². The van der Waals surface area contributed by atoms with Gasteiger partial charge in [-0.1, -0.05) is 67.6 Å².